The molecule has 0 spiro atoms. The molecule has 0 aliphatic heterocycles. The molecule has 0 aliphatic rings. The molecule has 0 N–H and O–H groups in total. The zero-order valence-corrected chi connectivity index (χ0v) is 51.0. The van der Waals surface area contributed by atoms with Gasteiger partial charge in [-0.15, -0.1) is 0 Å². The first-order chi connectivity index (χ1) is 37.5. The quantitative estimate of drug-likeness (QED) is 0.0261. The Morgan fingerprint density at radius 3 is 0.763 bits per heavy atom. The number of hydrogen-bond donors (Lipinski definition) is 0. The van der Waals surface area contributed by atoms with Crippen molar-refractivity contribution < 1.29 is 28.6 Å². The summed E-state index contributed by atoms with van der Waals surface area (Å²) in [6, 6.07) is 0. The summed E-state index contributed by atoms with van der Waals surface area (Å²) >= 11 is 0. The van der Waals surface area contributed by atoms with Gasteiger partial charge in [-0.3, -0.25) is 14.4 Å². The van der Waals surface area contributed by atoms with Crippen molar-refractivity contribution in [1.82, 2.24) is 0 Å². The monoisotopic (exact) mass is 1060 g/mol. The predicted molar refractivity (Wildman–Crippen MR) is 330 cm³/mol. The lowest BCUT2D eigenvalue weighted by Gasteiger charge is -2.18. The Balaban J connectivity index is 3.96. The van der Waals surface area contributed by atoms with E-state index in [-0.39, 0.29) is 31.1 Å². The molecule has 0 aromatic heterocycles. The predicted octanol–water partition coefficient (Wildman–Crippen LogP) is 22.9. The van der Waals surface area contributed by atoms with Crippen LogP contribution in [-0.2, 0) is 28.6 Å². The topological polar surface area (TPSA) is 78.9 Å². The van der Waals surface area contributed by atoms with E-state index in [1.165, 1.54) is 231 Å². The molecule has 444 valence electrons. The van der Waals surface area contributed by atoms with Crippen molar-refractivity contribution in [1.29, 1.82) is 0 Å². The molecule has 0 radical (unpaired) electrons. The third-order valence-corrected chi connectivity index (χ3v) is 15.1. The number of rotatable bonds is 62. The van der Waals surface area contributed by atoms with Crippen molar-refractivity contribution in [2.75, 3.05) is 13.2 Å². The van der Waals surface area contributed by atoms with Crippen LogP contribution in [0.3, 0.4) is 0 Å². The van der Waals surface area contributed by atoms with Crippen LogP contribution in [0.5, 0.6) is 0 Å². The van der Waals surface area contributed by atoms with Gasteiger partial charge in [0.05, 0.1) is 0 Å². The summed E-state index contributed by atoms with van der Waals surface area (Å²) in [6.45, 7) is 6.60. The average Bonchev–Trinajstić information content (AvgIpc) is 3.42. The van der Waals surface area contributed by atoms with Crippen molar-refractivity contribution >= 4 is 17.9 Å². The first-order valence-electron chi connectivity index (χ1n) is 33.6. The SMILES string of the molecule is CCCC/C=C\C/C=C\CCCCCCCC(=O)OC(COC(=O)CCCCCCCCCCC)COC(=O)CCCCCCCCCCCCCCCCCCCCCCCCC/C=C\C/C=C\CCCCCCC. The molecule has 0 heterocycles. The van der Waals surface area contributed by atoms with E-state index in [1.54, 1.807) is 0 Å². The Labute approximate surface area is 473 Å². The van der Waals surface area contributed by atoms with Crippen LogP contribution in [0.15, 0.2) is 48.6 Å². The van der Waals surface area contributed by atoms with Gasteiger partial charge in [0.25, 0.3) is 0 Å². The Hall–Kier alpha value is -2.63. The first-order valence-corrected chi connectivity index (χ1v) is 33.6. The summed E-state index contributed by atoms with van der Waals surface area (Å²) < 4.78 is 16.9. The van der Waals surface area contributed by atoms with Crippen LogP contribution >= 0.6 is 0 Å². The second-order valence-corrected chi connectivity index (χ2v) is 22.7. The summed E-state index contributed by atoms with van der Waals surface area (Å²) in [4.78, 5) is 38.1. The molecule has 0 aromatic rings. The van der Waals surface area contributed by atoms with E-state index in [9.17, 15) is 14.4 Å². The Kier molecular flexibility index (Phi) is 62.6. The first kappa shape index (κ1) is 73.4. The Morgan fingerprint density at radius 1 is 0.263 bits per heavy atom. The van der Waals surface area contributed by atoms with Crippen molar-refractivity contribution in [3.63, 3.8) is 0 Å². The number of esters is 3. The van der Waals surface area contributed by atoms with E-state index in [4.69, 9.17) is 14.2 Å². The van der Waals surface area contributed by atoms with Gasteiger partial charge >= 0.3 is 17.9 Å². The van der Waals surface area contributed by atoms with Crippen molar-refractivity contribution in [2.45, 2.75) is 367 Å². The number of ether oxygens (including phenoxy) is 3. The van der Waals surface area contributed by atoms with Gasteiger partial charge in [0.2, 0.25) is 0 Å². The van der Waals surface area contributed by atoms with E-state index in [1.807, 2.05) is 0 Å². The largest absolute Gasteiger partial charge is 0.462 e. The Bertz CT molecular complexity index is 1310. The molecule has 0 aromatic carbocycles. The minimum Gasteiger partial charge on any atom is -0.462 e. The molecule has 6 nitrogen and oxygen atoms in total. The van der Waals surface area contributed by atoms with E-state index < -0.39 is 6.10 Å². The molecular formula is C70H128O6. The lowest BCUT2D eigenvalue weighted by atomic mass is 10.0. The lowest BCUT2D eigenvalue weighted by molar-refractivity contribution is -0.167. The van der Waals surface area contributed by atoms with Gasteiger partial charge in [0.1, 0.15) is 13.2 Å². The maximum atomic E-state index is 12.8. The fourth-order valence-corrected chi connectivity index (χ4v) is 9.96. The molecule has 0 aliphatic carbocycles. The van der Waals surface area contributed by atoms with Gasteiger partial charge in [0.15, 0.2) is 6.10 Å². The number of unbranched alkanes of at least 4 members (excludes halogenated alkanes) is 43. The van der Waals surface area contributed by atoms with E-state index in [0.29, 0.717) is 19.3 Å². The van der Waals surface area contributed by atoms with Gasteiger partial charge < -0.3 is 14.2 Å². The molecule has 6 heteroatoms. The van der Waals surface area contributed by atoms with Crippen LogP contribution in [0.2, 0.25) is 0 Å². The molecule has 0 saturated heterocycles. The molecule has 0 bridgehead atoms. The highest BCUT2D eigenvalue weighted by Crippen LogP contribution is 2.18. The molecule has 76 heavy (non-hydrogen) atoms. The van der Waals surface area contributed by atoms with Crippen LogP contribution in [0.1, 0.15) is 361 Å². The van der Waals surface area contributed by atoms with E-state index >= 15 is 0 Å². The summed E-state index contributed by atoms with van der Waals surface area (Å²) in [5.41, 5.74) is 0. The molecular weight excluding hydrogens is 937 g/mol. The van der Waals surface area contributed by atoms with E-state index in [0.717, 1.165) is 89.9 Å². The molecule has 0 saturated carbocycles. The molecule has 0 amide bonds. The van der Waals surface area contributed by atoms with Gasteiger partial charge in [0, 0.05) is 19.3 Å². The third kappa shape index (κ3) is 62.2. The molecule has 0 fully saturated rings. The van der Waals surface area contributed by atoms with Crippen molar-refractivity contribution in [3.05, 3.63) is 48.6 Å². The highest BCUT2D eigenvalue weighted by atomic mass is 16.6. The minimum atomic E-state index is -0.775. The van der Waals surface area contributed by atoms with E-state index in [2.05, 4.69) is 69.4 Å². The van der Waals surface area contributed by atoms with Gasteiger partial charge in [-0.05, 0) is 77.0 Å². The summed E-state index contributed by atoms with van der Waals surface area (Å²) in [5.74, 6) is -0.872. The molecule has 0 rings (SSSR count). The van der Waals surface area contributed by atoms with Crippen LogP contribution in [0.4, 0.5) is 0 Å². The zero-order chi connectivity index (χ0) is 55.0. The highest BCUT2D eigenvalue weighted by molar-refractivity contribution is 5.71. The fourth-order valence-electron chi connectivity index (χ4n) is 9.96. The molecule has 1 unspecified atom stereocenters. The number of allylic oxidation sites excluding steroid dienone is 8. The second-order valence-electron chi connectivity index (χ2n) is 22.7. The van der Waals surface area contributed by atoms with Gasteiger partial charge in [-0.25, -0.2) is 0 Å². The normalized spacial score (nSPS) is 12.3. The zero-order valence-electron chi connectivity index (χ0n) is 51.0. The van der Waals surface area contributed by atoms with Crippen LogP contribution in [0, 0.1) is 0 Å². The number of carbonyl (C=O) groups is 3. The molecule has 1 atom stereocenters. The minimum absolute atomic E-state index is 0.0739. The van der Waals surface area contributed by atoms with Crippen LogP contribution in [0.25, 0.3) is 0 Å². The van der Waals surface area contributed by atoms with Crippen LogP contribution in [-0.4, -0.2) is 37.2 Å². The summed E-state index contributed by atoms with van der Waals surface area (Å²) in [6.07, 6.45) is 81.7. The second kappa shape index (κ2) is 64.9. The van der Waals surface area contributed by atoms with Crippen LogP contribution < -0.4 is 0 Å². The average molecular weight is 1070 g/mol. The van der Waals surface area contributed by atoms with Gasteiger partial charge in [-0.1, -0.05) is 313 Å². The highest BCUT2D eigenvalue weighted by Gasteiger charge is 2.19. The maximum absolute atomic E-state index is 12.8. The maximum Gasteiger partial charge on any atom is 0.306 e. The Morgan fingerprint density at radius 2 is 0.487 bits per heavy atom. The smallest absolute Gasteiger partial charge is 0.306 e. The summed E-state index contributed by atoms with van der Waals surface area (Å²) in [7, 11) is 0. The fraction of sp³-hybridized carbons (Fsp3) is 0.843. The van der Waals surface area contributed by atoms with Gasteiger partial charge in [-0.2, -0.15) is 0 Å². The van der Waals surface area contributed by atoms with Crippen molar-refractivity contribution in [3.8, 4) is 0 Å². The standard InChI is InChI=1S/C70H128O6/c1-4-7-10-13-16-19-21-23-25-26-27-28-29-30-31-32-33-34-35-36-37-38-39-40-41-42-43-44-45-47-48-51-54-57-60-63-69(72)75-66-67(65-74-68(71)62-59-56-53-50-18-15-12-9-6-3)76-70(73)64-61-58-55-52-49-46-24-22-20-17-14-11-8-5-2/h14,17,21-24,26-27,67H,4-13,15-16,18-20,25,28-66H2,1-3H3/b17-14-,23-21-,24-22-,27-26-. The lowest BCUT2D eigenvalue weighted by Crippen LogP contribution is -2.30. The summed E-state index contributed by atoms with van der Waals surface area (Å²) in [5, 5.41) is 0. The third-order valence-electron chi connectivity index (χ3n) is 15.1. The number of carbonyl (C=O) groups excluding carboxylic acids is 3. The number of hydrogen-bond acceptors (Lipinski definition) is 6. The van der Waals surface area contributed by atoms with Crippen molar-refractivity contribution in [2.24, 2.45) is 0 Å².